The van der Waals surface area contributed by atoms with Crippen LogP contribution < -0.4 is 9.64 Å². The van der Waals surface area contributed by atoms with Gasteiger partial charge in [-0.15, -0.1) is 0 Å². The summed E-state index contributed by atoms with van der Waals surface area (Å²) in [5.74, 6) is 1.04. The Balaban J connectivity index is 0.000000448. The van der Waals surface area contributed by atoms with Crippen molar-refractivity contribution >= 4 is 5.69 Å². The van der Waals surface area contributed by atoms with Gasteiger partial charge in [0.15, 0.2) is 0 Å². The van der Waals surface area contributed by atoms with Gasteiger partial charge >= 0.3 is 0 Å². The first-order chi connectivity index (χ1) is 11.2. The average molecular weight is 313 g/mol. The van der Waals surface area contributed by atoms with Gasteiger partial charge in [0.25, 0.3) is 0 Å². The fourth-order valence-electron chi connectivity index (χ4n) is 3.64. The van der Waals surface area contributed by atoms with Crippen molar-refractivity contribution in [3.8, 4) is 5.75 Å². The van der Waals surface area contributed by atoms with Crippen molar-refractivity contribution in [3.05, 3.63) is 47.1 Å². The molecule has 2 unspecified atom stereocenters. The van der Waals surface area contributed by atoms with Gasteiger partial charge in [0.2, 0.25) is 0 Å². The van der Waals surface area contributed by atoms with Gasteiger partial charge < -0.3 is 9.64 Å². The molecule has 2 nitrogen and oxygen atoms in total. The molecule has 0 N–H and O–H groups in total. The van der Waals surface area contributed by atoms with Crippen LogP contribution in [0.15, 0.2) is 41.5 Å². The van der Waals surface area contributed by atoms with Crippen molar-refractivity contribution < 1.29 is 4.74 Å². The maximum atomic E-state index is 6.24. The zero-order chi connectivity index (χ0) is 17.0. The molecule has 0 spiro atoms. The van der Waals surface area contributed by atoms with Gasteiger partial charge in [-0.2, -0.15) is 0 Å². The molecule has 1 fully saturated rings. The largest absolute Gasteiger partial charge is 0.482 e. The lowest BCUT2D eigenvalue weighted by Crippen LogP contribution is -2.53. The molecule has 0 saturated carbocycles. The normalized spacial score (nSPS) is 23.5. The van der Waals surface area contributed by atoms with Gasteiger partial charge in [0.05, 0.1) is 11.7 Å². The summed E-state index contributed by atoms with van der Waals surface area (Å²) in [7, 11) is 0. The molecule has 1 saturated heterocycles. The number of nitrogens with zero attached hydrogens (tertiary/aromatic N) is 1. The molecular formula is C21H31NO. The SMILES string of the molecule is CC.CC.CC1=CC2Oc3ccc(C)cc3N3CCCC(=C1)C23. The van der Waals surface area contributed by atoms with Crippen LogP contribution in [0.1, 0.15) is 53.0 Å². The third-order valence-electron chi connectivity index (χ3n) is 4.42. The summed E-state index contributed by atoms with van der Waals surface area (Å²) in [5.41, 5.74) is 5.47. The Hall–Kier alpha value is -1.70. The monoisotopic (exact) mass is 313 g/mol. The number of aryl methyl sites for hydroxylation is 1. The molecule has 0 radical (unpaired) electrons. The van der Waals surface area contributed by atoms with E-state index < -0.39 is 0 Å². The van der Waals surface area contributed by atoms with Crippen LogP contribution in [0.25, 0.3) is 0 Å². The van der Waals surface area contributed by atoms with Crippen LogP contribution in [0.4, 0.5) is 5.69 Å². The molecule has 1 aliphatic carbocycles. The molecule has 0 aromatic heterocycles. The number of piperidine rings is 1. The summed E-state index contributed by atoms with van der Waals surface area (Å²) in [6, 6.07) is 6.95. The van der Waals surface area contributed by atoms with Crippen LogP contribution in [-0.4, -0.2) is 18.7 Å². The van der Waals surface area contributed by atoms with Crippen LogP contribution in [0, 0.1) is 6.92 Å². The Morgan fingerprint density at radius 1 is 1.09 bits per heavy atom. The van der Waals surface area contributed by atoms with Crippen molar-refractivity contribution in [2.45, 2.75) is 66.5 Å². The number of anilines is 1. The lowest BCUT2D eigenvalue weighted by molar-refractivity contribution is 0.197. The molecule has 23 heavy (non-hydrogen) atoms. The molecule has 0 amide bonds. The van der Waals surface area contributed by atoms with E-state index in [9.17, 15) is 0 Å². The Morgan fingerprint density at radius 2 is 1.83 bits per heavy atom. The minimum Gasteiger partial charge on any atom is -0.482 e. The molecule has 3 aliphatic rings. The highest BCUT2D eigenvalue weighted by Crippen LogP contribution is 2.44. The van der Waals surface area contributed by atoms with Gasteiger partial charge in [-0.05, 0) is 56.0 Å². The second kappa shape index (κ2) is 7.72. The first-order valence-electron chi connectivity index (χ1n) is 9.15. The van der Waals surface area contributed by atoms with Gasteiger partial charge in [0.1, 0.15) is 11.9 Å². The minimum atomic E-state index is 0.190. The first-order valence-corrected chi connectivity index (χ1v) is 9.15. The number of benzene rings is 1. The van der Waals surface area contributed by atoms with E-state index in [1.807, 2.05) is 27.7 Å². The quantitative estimate of drug-likeness (QED) is 0.612. The summed E-state index contributed by atoms with van der Waals surface area (Å²) >= 11 is 0. The Morgan fingerprint density at radius 3 is 2.57 bits per heavy atom. The minimum absolute atomic E-state index is 0.190. The van der Waals surface area contributed by atoms with E-state index in [1.165, 1.54) is 29.7 Å². The summed E-state index contributed by atoms with van der Waals surface area (Å²) in [6.45, 7) is 13.5. The zero-order valence-electron chi connectivity index (χ0n) is 15.5. The maximum Gasteiger partial charge on any atom is 0.143 e. The van der Waals surface area contributed by atoms with Crippen molar-refractivity contribution in [3.63, 3.8) is 0 Å². The van der Waals surface area contributed by atoms with Gasteiger partial charge in [0, 0.05) is 6.54 Å². The predicted octanol–water partition coefficient (Wildman–Crippen LogP) is 5.66. The summed E-state index contributed by atoms with van der Waals surface area (Å²) in [4.78, 5) is 2.55. The third kappa shape index (κ3) is 3.31. The van der Waals surface area contributed by atoms with Gasteiger partial charge in [-0.25, -0.2) is 0 Å². The van der Waals surface area contributed by atoms with Crippen molar-refractivity contribution in [1.82, 2.24) is 0 Å². The van der Waals surface area contributed by atoms with E-state index >= 15 is 0 Å². The number of ether oxygens (including phenoxy) is 1. The van der Waals surface area contributed by atoms with Crippen molar-refractivity contribution in [2.75, 3.05) is 11.4 Å². The van der Waals surface area contributed by atoms with E-state index in [0.717, 1.165) is 12.3 Å². The number of hydrogen-bond donors (Lipinski definition) is 0. The maximum absolute atomic E-state index is 6.24. The number of fused-ring (bicyclic) bond motifs is 2. The molecule has 4 rings (SSSR count). The van der Waals surface area contributed by atoms with Crippen LogP contribution in [-0.2, 0) is 0 Å². The second-order valence-electron chi connectivity index (χ2n) is 5.93. The van der Waals surface area contributed by atoms with Gasteiger partial charge in [-0.1, -0.05) is 45.4 Å². The predicted molar refractivity (Wildman–Crippen MR) is 100 cm³/mol. The molecule has 2 atom stereocenters. The van der Waals surface area contributed by atoms with E-state index in [1.54, 1.807) is 5.57 Å². The summed E-state index contributed by atoms with van der Waals surface area (Å²) in [5, 5.41) is 0. The molecular weight excluding hydrogens is 282 g/mol. The summed E-state index contributed by atoms with van der Waals surface area (Å²) < 4.78 is 6.24. The van der Waals surface area contributed by atoms with E-state index in [4.69, 9.17) is 4.74 Å². The van der Waals surface area contributed by atoms with Crippen LogP contribution in [0.2, 0.25) is 0 Å². The van der Waals surface area contributed by atoms with Gasteiger partial charge in [-0.3, -0.25) is 0 Å². The topological polar surface area (TPSA) is 12.5 Å². The first kappa shape index (κ1) is 17.7. The van der Waals surface area contributed by atoms with Crippen molar-refractivity contribution in [1.29, 1.82) is 0 Å². The molecule has 2 heteroatoms. The second-order valence-corrected chi connectivity index (χ2v) is 5.93. The fourth-order valence-corrected chi connectivity index (χ4v) is 3.64. The number of hydrogen-bond acceptors (Lipinski definition) is 2. The van der Waals surface area contributed by atoms with E-state index in [-0.39, 0.29) is 6.10 Å². The van der Waals surface area contributed by atoms with E-state index in [0.29, 0.717) is 6.04 Å². The average Bonchev–Trinajstić information content (AvgIpc) is 2.59. The third-order valence-corrected chi connectivity index (χ3v) is 4.42. The molecule has 1 aromatic carbocycles. The molecule has 0 bridgehead atoms. The standard InChI is InChI=1S/C17H19NO.2C2H6/c1-11-5-6-15-14(9-11)18-7-3-4-13-8-12(2)10-16(19-15)17(13)18;2*1-2/h5-6,8-10,16-17H,3-4,7H2,1-2H3;2*1-2H3. The van der Waals surface area contributed by atoms with Crippen molar-refractivity contribution in [2.24, 2.45) is 0 Å². The highest BCUT2D eigenvalue weighted by atomic mass is 16.5. The highest BCUT2D eigenvalue weighted by Gasteiger charge is 2.40. The van der Waals surface area contributed by atoms with Crippen LogP contribution in [0.5, 0.6) is 5.75 Å². The lowest BCUT2D eigenvalue weighted by atomic mass is 9.84. The fraction of sp³-hybridized carbons (Fsp3) is 0.524. The Labute approximate surface area is 141 Å². The Kier molecular flexibility index (Phi) is 5.92. The lowest BCUT2D eigenvalue weighted by Gasteiger charge is -2.48. The highest BCUT2D eigenvalue weighted by molar-refractivity contribution is 5.65. The smallest absolute Gasteiger partial charge is 0.143 e. The number of allylic oxidation sites excluding steroid dienone is 2. The molecule has 2 heterocycles. The molecule has 1 aromatic rings. The summed E-state index contributed by atoms with van der Waals surface area (Å²) in [6.07, 6.45) is 7.28. The number of rotatable bonds is 0. The van der Waals surface area contributed by atoms with Crippen LogP contribution >= 0.6 is 0 Å². The van der Waals surface area contributed by atoms with E-state index in [2.05, 4.69) is 49.1 Å². The zero-order valence-corrected chi connectivity index (χ0v) is 15.5. The van der Waals surface area contributed by atoms with Crippen LogP contribution in [0.3, 0.4) is 0 Å². The molecule has 2 aliphatic heterocycles. The Bertz CT molecular complexity index is 600. The molecule has 126 valence electrons.